The van der Waals surface area contributed by atoms with Crippen LogP contribution >= 0.6 is 0 Å². The molecule has 2 aliphatic heterocycles. The first-order chi connectivity index (χ1) is 20.8. The summed E-state index contributed by atoms with van der Waals surface area (Å²) in [5.41, 5.74) is -2.04. The molecule has 1 N–H and O–H groups in total. The van der Waals surface area contributed by atoms with Gasteiger partial charge in [0.25, 0.3) is 5.91 Å². The zero-order chi connectivity index (χ0) is 31.6. The summed E-state index contributed by atoms with van der Waals surface area (Å²) in [5.74, 6) is -0.955. The van der Waals surface area contributed by atoms with Crippen molar-refractivity contribution < 1.29 is 35.9 Å². The minimum absolute atomic E-state index is 0.0197. The number of para-hydroxylation sites is 1. The van der Waals surface area contributed by atoms with Gasteiger partial charge in [-0.2, -0.15) is 26.3 Å². The molecule has 2 aromatic carbocycles. The molecule has 3 aromatic rings. The van der Waals surface area contributed by atoms with Crippen LogP contribution in [0.3, 0.4) is 0 Å². The van der Waals surface area contributed by atoms with E-state index in [2.05, 4.69) is 16.8 Å². The molecule has 0 unspecified atom stereocenters. The van der Waals surface area contributed by atoms with Crippen LogP contribution < -0.4 is 0 Å². The Kier molecular flexibility index (Phi) is 9.26. The lowest BCUT2D eigenvalue weighted by Gasteiger charge is -2.42. The van der Waals surface area contributed by atoms with Crippen LogP contribution in [0.15, 0.2) is 48.7 Å². The molecule has 0 radical (unpaired) electrons. The van der Waals surface area contributed by atoms with Crippen LogP contribution in [-0.2, 0) is 23.6 Å². The number of rotatable bonds is 7. The van der Waals surface area contributed by atoms with Crippen molar-refractivity contribution in [2.24, 2.45) is 0 Å². The van der Waals surface area contributed by atoms with Crippen molar-refractivity contribution in [2.45, 2.75) is 38.2 Å². The number of aromatic amines is 1. The molecule has 3 heterocycles. The highest BCUT2D eigenvalue weighted by Crippen LogP contribution is 2.37. The van der Waals surface area contributed by atoms with Crippen LogP contribution in [0.4, 0.5) is 26.3 Å². The Balaban J connectivity index is 1.39. The van der Waals surface area contributed by atoms with E-state index >= 15 is 0 Å². The molecule has 1 aromatic heterocycles. The SMILES string of the molecule is CCCN1CCN(C(=O)CN2CCN(C(=O)c3cc(C(F)(F)F)cc(C(F)(F)F)c3)[C@H](Cc3c[nH]c4ccccc34)C2)CC1. The Bertz CT molecular complexity index is 1450. The van der Waals surface area contributed by atoms with Crippen molar-refractivity contribution in [3.8, 4) is 0 Å². The predicted molar refractivity (Wildman–Crippen MR) is 153 cm³/mol. The molecule has 2 amide bonds. The highest BCUT2D eigenvalue weighted by molar-refractivity contribution is 5.95. The number of fused-ring (bicyclic) bond motifs is 1. The average Bonchev–Trinajstić information content (AvgIpc) is 3.39. The van der Waals surface area contributed by atoms with Gasteiger partial charge in [0.1, 0.15) is 0 Å². The molecular formula is C31H35F6N5O2. The van der Waals surface area contributed by atoms with Gasteiger partial charge in [0.15, 0.2) is 0 Å². The molecule has 1 atom stereocenters. The number of nitrogens with one attached hydrogen (secondary N) is 1. The Morgan fingerprint density at radius 1 is 0.864 bits per heavy atom. The molecule has 44 heavy (non-hydrogen) atoms. The summed E-state index contributed by atoms with van der Waals surface area (Å²) in [6.45, 7) is 6.55. The predicted octanol–water partition coefficient (Wildman–Crippen LogP) is 5.13. The highest BCUT2D eigenvalue weighted by Gasteiger charge is 2.39. The van der Waals surface area contributed by atoms with Gasteiger partial charge < -0.3 is 14.8 Å². The van der Waals surface area contributed by atoms with Crippen molar-refractivity contribution in [1.82, 2.24) is 24.6 Å². The minimum atomic E-state index is -5.07. The maximum Gasteiger partial charge on any atom is 0.416 e. The summed E-state index contributed by atoms with van der Waals surface area (Å²) in [4.78, 5) is 37.5. The Labute approximate surface area is 251 Å². The van der Waals surface area contributed by atoms with Crippen LogP contribution in [0.5, 0.6) is 0 Å². The minimum Gasteiger partial charge on any atom is -0.361 e. The van der Waals surface area contributed by atoms with Gasteiger partial charge in [-0.1, -0.05) is 25.1 Å². The van der Waals surface area contributed by atoms with Gasteiger partial charge in [0, 0.05) is 74.5 Å². The quantitative estimate of drug-likeness (QED) is 0.371. The molecule has 7 nitrogen and oxygen atoms in total. The van der Waals surface area contributed by atoms with Gasteiger partial charge in [0.2, 0.25) is 5.91 Å². The summed E-state index contributed by atoms with van der Waals surface area (Å²) in [7, 11) is 0. The van der Waals surface area contributed by atoms with E-state index in [1.807, 2.05) is 34.1 Å². The van der Waals surface area contributed by atoms with E-state index in [4.69, 9.17) is 0 Å². The maximum atomic E-state index is 13.7. The van der Waals surface area contributed by atoms with Crippen molar-refractivity contribution in [1.29, 1.82) is 0 Å². The number of hydrogen-bond donors (Lipinski definition) is 1. The zero-order valence-electron chi connectivity index (χ0n) is 24.3. The monoisotopic (exact) mass is 623 g/mol. The highest BCUT2D eigenvalue weighted by atomic mass is 19.4. The van der Waals surface area contributed by atoms with Crippen molar-refractivity contribution in [2.75, 3.05) is 58.9 Å². The molecule has 2 saturated heterocycles. The number of amides is 2. The van der Waals surface area contributed by atoms with Crippen LogP contribution in [0.2, 0.25) is 0 Å². The van der Waals surface area contributed by atoms with Crippen molar-refractivity contribution >= 4 is 22.7 Å². The molecular weight excluding hydrogens is 588 g/mol. The van der Waals surface area contributed by atoms with Gasteiger partial charge in [-0.3, -0.25) is 19.4 Å². The zero-order valence-corrected chi connectivity index (χ0v) is 24.3. The second-order valence-corrected chi connectivity index (χ2v) is 11.5. The molecule has 2 fully saturated rings. The second-order valence-electron chi connectivity index (χ2n) is 11.5. The number of carbonyl (C=O) groups is 2. The second kappa shape index (κ2) is 12.8. The fourth-order valence-electron chi connectivity index (χ4n) is 6.13. The number of halogens is 6. The van der Waals surface area contributed by atoms with Crippen LogP contribution in [0.1, 0.15) is 40.4 Å². The van der Waals surface area contributed by atoms with E-state index in [1.54, 1.807) is 6.20 Å². The molecule has 0 saturated carbocycles. The smallest absolute Gasteiger partial charge is 0.361 e. The third kappa shape index (κ3) is 7.20. The van der Waals surface area contributed by atoms with E-state index in [1.165, 1.54) is 4.90 Å². The number of piperazine rings is 2. The van der Waals surface area contributed by atoms with E-state index in [9.17, 15) is 35.9 Å². The lowest BCUT2D eigenvalue weighted by atomic mass is 9.98. The first-order valence-corrected chi connectivity index (χ1v) is 14.7. The van der Waals surface area contributed by atoms with Gasteiger partial charge in [-0.15, -0.1) is 0 Å². The maximum absolute atomic E-state index is 13.7. The number of nitrogens with zero attached hydrogens (tertiary/aromatic N) is 4. The molecule has 13 heteroatoms. The molecule has 0 aliphatic carbocycles. The molecule has 5 rings (SSSR count). The van der Waals surface area contributed by atoms with E-state index < -0.39 is 41.0 Å². The summed E-state index contributed by atoms with van der Waals surface area (Å²) in [6, 6.07) is 7.88. The van der Waals surface area contributed by atoms with Crippen LogP contribution in [0, 0.1) is 0 Å². The number of hydrogen-bond acceptors (Lipinski definition) is 4. The van der Waals surface area contributed by atoms with E-state index in [0.717, 1.165) is 42.5 Å². The fraction of sp³-hybridized carbons (Fsp3) is 0.484. The van der Waals surface area contributed by atoms with Crippen LogP contribution in [0.25, 0.3) is 10.9 Å². The average molecular weight is 624 g/mol. The third-order valence-corrected chi connectivity index (χ3v) is 8.42. The summed E-state index contributed by atoms with van der Waals surface area (Å²) < 4.78 is 81.4. The molecule has 0 spiro atoms. The number of benzene rings is 2. The van der Waals surface area contributed by atoms with Gasteiger partial charge in [0.05, 0.1) is 17.7 Å². The largest absolute Gasteiger partial charge is 0.416 e. The van der Waals surface area contributed by atoms with Crippen molar-refractivity contribution in [3.05, 3.63) is 70.9 Å². The summed E-state index contributed by atoms with van der Waals surface area (Å²) in [6.07, 6.45) is -7.02. The molecule has 2 aliphatic rings. The summed E-state index contributed by atoms with van der Waals surface area (Å²) in [5, 5.41) is 0.900. The molecule has 238 valence electrons. The van der Waals surface area contributed by atoms with E-state index in [-0.39, 0.29) is 38.2 Å². The Morgan fingerprint density at radius 3 is 2.14 bits per heavy atom. The van der Waals surface area contributed by atoms with Gasteiger partial charge in [-0.25, -0.2) is 0 Å². The van der Waals surface area contributed by atoms with E-state index in [0.29, 0.717) is 31.6 Å². The number of alkyl halides is 6. The Morgan fingerprint density at radius 2 is 1.50 bits per heavy atom. The summed E-state index contributed by atoms with van der Waals surface area (Å²) >= 11 is 0. The Hall–Kier alpha value is -3.58. The van der Waals surface area contributed by atoms with Crippen LogP contribution in [-0.4, -0.2) is 101 Å². The fourth-order valence-corrected chi connectivity index (χ4v) is 6.13. The van der Waals surface area contributed by atoms with Gasteiger partial charge in [-0.05, 0) is 49.2 Å². The number of H-pyrrole nitrogens is 1. The first-order valence-electron chi connectivity index (χ1n) is 14.7. The normalized spacial score (nSPS) is 19.1. The number of carbonyl (C=O) groups excluding carboxylic acids is 2. The lowest BCUT2D eigenvalue weighted by molar-refractivity contribution is -0.143. The molecule has 0 bridgehead atoms. The first kappa shape index (κ1) is 31.8. The lowest BCUT2D eigenvalue weighted by Crippen LogP contribution is -2.58. The standard InChI is InChI=1S/C31H35F6N5O2/c1-2-7-39-8-11-41(12-9-39)28(43)20-40-10-13-42(25(19-40)16-22-18-38-27-6-4-3-5-26(22)27)29(44)21-14-23(30(32,33)34)17-24(15-21)31(35,36)37/h3-6,14-15,17-18,25,38H,2,7-13,16,19-20H2,1H3/t25-/m1/s1. The van der Waals surface area contributed by atoms with Crippen molar-refractivity contribution in [3.63, 3.8) is 0 Å². The third-order valence-electron chi connectivity index (χ3n) is 8.42. The topological polar surface area (TPSA) is 62.9 Å². The number of aromatic nitrogens is 1. The van der Waals surface area contributed by atoms with Gasteiger partial charge >= 0.3 is 12.4 Å².